The normalized spacial score (nSPS) is 10.1. The summed E-state index contributed by atoms with van der Waals surface area (Å²) in [5, 5.41) is 12.6. The Morgan fingerprint density at radius 3 is 3.07 bits per heavy atom. The van der Waals surface area contributed by atoms with Gasteiger partial charge in [0.25, 0.3) is 0 Å². The van der Waals surface area contributed by atoms with E-state index in [1.807, 2.05) is 18.3 Å². The number of hydrogen-bond donors (Lipinski definition) is 1. The average Bonchev–Trinajstić information content (AvgIpc) is 2.68. The Labute approximate surface area is 86.5 Å². The molecule has 74 valence electrons. The number of H-pyrrole nitrogens is 1. The van der Waals surface area contributed by atoms with Crippen molar-refractivity contribution in [1.29, 1.82) is 5.26 Å². The average molecular weight is 199 g/mol. The summed E-state index contributed by atoms with van der Waals surface area (Å²) in [6, 6.07) is 7.55. The molecule has 4 heteroatoms. The standard InChI is InChI=1S/C11H9N3O/c12-6-8-1-2-11-10(5-8)9(7-13-11)3-4-14-15/h1-2,5,7,13H,3-4H2. The van der Waals surface area contributed by atoms with E-state index < -0.39 is 0 Å². The molecule has 0 amide bonds. The van der Waals surface area contributed by atoms with Gasteiger partial charge in [0.1, 0.15) is 0 Å². The molecule has 0 fully saturated rings. The quantitative estimate of drug-likeness (QED) is 0.771. The van der Waals surface area contributed by atoms with Crippen LogP contribution in [0.5, 0.6) is 0 Å². The van der Waals surface area contributed by atoms with Crippen LogP contribution < -0.4 is 0 Å². The maximum atomic E-state index is 10.0. The molecule has 15 heavy (non-hydrogen) atoms. The molecule has 0 saturated carbocycles. The number of aromatic nitrogens is 1. The lowest BCUT2D eigenvalue weighted by molar-refractivity contribution is 0.967. The number of hydrogen-bond acceptors (Lipinski definition) is 3. The maximum Gasteiger partial charge on any atom is 0.0991 e. The van der Waals surface area contributed by atoms with E-state index in [0.29, 0.717) is 12.0 Å². The molecule has 0 atom stereocenters. The first kappa shape index (κ1) is 9.41. The van der Waals surface area contributed by atoms with Crippen molar-refractivity contribution in [3.05, 3.63) is 40.4 Å². The molecule has 0 radical (unpaired) electrons. The lowest BCUT2D eigenvalue weighted by Gasteiger charge is -1.95. The Kier molecular flexibility index (Phi) is 2.46. The summed E-state index contributed by atoms with van der Waals surface area (Å²) >= 11 is 0. The highest BCUT2D eigenvalue weighted by atomic mass is 16.3. The van der Waals surface area contributed by atoms with Crippen LogP contribution in [0, 0.1) is 16.2 Å². The van der Waals surface area contributed by atoms with Gasteiger partial charge in [-0.25, -0.2) is 0 Å². The number of nitrogens with zero attached hydrogens (tertiary/aromatic N) is 2. The molecule has 1 heterocycles. The SMILES string of the molecule is N#Cc1ccc2[nH]cc(CCN=O)c2c1. The molecular formula is C11H9N3O. The van der Waals surface area contributed by atoms with E-state index in [1.165, 1.54) is 0 Å². The van der Waals surface area contributed by atoms with Crippen molar-refractivity contribution in [3.8, 4) is 6.07 Å². The molecule has 0 spiro atoms. The van der Waals surface area contributed by atoms with E-state index in [9.17, 15) is 4.91 Å². The Bertz CT molecular complexity index is 536. The van der Waals surface area contributed by atoms with Crippen LogP contribution in [0.25, 0.3) is 10.9 Å². The fraction of sp³-hybridized carbons (Fsp3) is 0.182. The molecule has 0 aliphatic heterocycles. The highest BCUT2D eigenvalue weighted by Crippen LogP contribution is 2.20. The van der Waals surface area contributed by atoms with Crippen molar-refractivity contribution in [2.45, 2.75) is 6.42 Å². The topological polar surface area (TPSA) is 69.0 Å². The summed E-state index contributed by atoms with van der Waals surface area (Å²) in [5.74, 6) is 0. The van der Waals surface area contributed by atoms with Crippen LogP contribution in [0.4, 0.5) is 0 Å². The van der Waals surface area contributed by atoms with Crippen LogP contribution in [0.2, 0.25) is 0 Å². The first-order valence-corrected chi connectivity index (χ1v) is 4.64. The third-order valence-electron chi connectivity index (χ3n) is 2.37. The number of aromatic amines is 1. The maximum absolute atomic E-state index is 10.0. The second kappa shape index (κ2) is 3.93. The minimum absolute atomic E-state index is 0.268. The fourth-order valence-corrected chi connectivity index (χ4v) is 1.62. The van der Waals surface area contributed by atoms with E-state index >= 15 is 0 Å². The molecule has 1 aromatic carbocycles. The van der Waals surface area contributed by atoms with Gasteiger partial charge in [0.15, 0.2) is 0 Å². The highest BCUT2D eigenvalue weighted by Gasteiger charge is 2.04. The van der Waals surface area contributed by atoms with E-state index in [2.05, 4.69) is 16.2 Å². The van der Waals surface area contributed by atoms with Gasteiger partial charge in [0.05, 0.1) is 18.2 Å². The van der Waals surface area contributed by atoms with E-state index in [1.54, 1.807) is 6.07 Å². The first-order valence-electron chi connectivity index (χ1n) is 4.64. The number of rotatable bonds is 3. The fourth-order valence-electron chi connectivity index (χ4n) is 1.62. The predicted molar refractivity (Wildman–Crippen MR) is 57.4 cm³/mol. The van der Waals surface area contributed by atoms with Gasteiger partial charge in [-0.2, -0.15) is 10.2 Å². The van der Waals surface area contributed by atoms with Gasteiger partial charge >= 0.3 is 0 Å². The van der Waals surface area contributed by atoms with Crippen molar-refractivity contribution in [2.75, 3.05) is 6.54 Å². The number of fused-ring (bicyclic) bond motifs is 1. The molecule has 0 bridgehead atoms. The van der Waals surface area contributed by atoms with Crippen molar-refractivity contribution >= 4 is 10.9 Å². The van der Waals surface area contributed by atoms with Crippen molar-refractivity contribution in [2.24, 2.45) is 5.18 Å². The summed E-state index contributed by atoms with van der Waals surface area (Å²) in [6.07, 6.45) is 2.47. The lowest BCUT2D eigenvalue weighted by Crippen LogP contribution is -1.86. The number of benzene rings is 1. The number of nitrogens with one attached hydrogen (secondary N) is 1. The van der Waals surface area contributed by atoms with Gasteiger partial charge < -0.3 is 4.98 Å². The smallest absolute Gasteiger partial charge is 0.0991 e. The minimum Gasteiger partial charge on any atom is -0.361 e. The van der Waals surface area contributed by atoms with Gasteiger partial charge in [0.2, 0.25) is 0 Å². The van der Waals surface area contributed by atoms with Crippen molar-refractivity contribution < 1.29 is 0 Å². The Morgan fingerprint density at radius 2 is 2.33 bits per heavy atom. The van der Waals surface area contributed by atoms with Gasteiger partial charge in [-0.1, -0.05) is 5.18 Å². The monoisotopic (exact) mass is 199 g/mol. The van der Waals surface area contributed by atoms with Crippen LogP contribution in [-0.4, -0.2) is 11.5 Å². The zero-order valence-electron chi connectivity index (χ0n) is 8.03. The van der Waals surface area contributed by atoms with Crippen LogP contribution >= 0.6 is 0 Å². The molecule has 2 aromatic rings. The molecule has 4 nitrogen and oxygen atoms in total. The van der Waals surface area contributed by atoms with Crippen molar-refractivity contribution in [1.82, 2.24) is 4.98 Å². The largest absolute Gasteiger partial charge is 0.361 e. The second-order valence-electron chi connectivity index (χ2n) is 3.29. The number of nitroso groups, excluding NO2 is 1. The summed E-state index contributed by atoms with van der Waals surface area (Å²) in [5.41, 5.74) is 2.64. The first-order chi connectivity index (χ1) is 7.35. The summed E-state index contributed by atoms with van der Waals surface area (Å²) in [6.45, 7) is 0.268. The molecule has 2 rings (SSSR count). The van der Waals surface area contributed by atoms with Crippen LogP contribution in [-0.2, 0) is 6.42 Å². The zero-order chi connectivity index (χ0) is 10.7. The van der Waals surface area contributed by atoms with E-state index in [-0.39, 0.29) is 6.54 Å². The Morgan fingerprint density at radius 1 is 1.47 bits per heavy atom. The van der Waals surface area contributed by atoms with Crippen LogP contribution in [0.3, 0.4) is 0 Å². The molecule has 0 aliphatic rings. The zero-order valence-corrected chi connectivity index (χ0v) is 8.03. The van der Waals surface area contributed by atoms with E-state index in [0.717, 1.165) is 16.5 Å². The third-order valence-corrected chi connectivity index (χ3v) is 2.37. The lowest BCUT2D eigenvalue weighted by atomic mass is 10.1. The van der Waals surface area contributed by atoms with Gasteiger partial charge in [-0.3, -0.25) is 0 Å². The van der Waals surface area contributed by atoms with E-state index in [4.69, 9.17) is 5.26 Å². The van der Waals surface area contributed by atoms with Crippen LogP contribution in [0.1, 0.15) is 11.1 Å². The Hall–Kier alpha value is -2.15. The van der Waals surface area contributed by atoms with Crippen molar-refractivity contribution in [3.63, 3.8) is 0 Å². The summed E-state index contributed by atoms with van der Waals surface area (Å²) in [7, 11) is 0. The molecule has 1 N–H and O–H groups in total. The molecule has 0 unspecified atom stereocenters. The second-order valence-corrected chi connectivity index (χ2v) is 3.29. The number of nitriles is 1. The Balaban J connectivity index is 2.47. The predicted octanol–water partition coefficient (Wildman–Crippen LogP) is 2.35. The minimum atomic E-state index is 0.268. The van der Waals surface area contributed by atoms with Gasteiger partial charge in [-0.05, 0) is 30.2 Å². The summed E-state index contributed by atoms with van der Waals surface area (Å²) in [4.78, 5) is 13.1. The highest BCUT2D eigenvalue weighted by molar-refractivity contribution is 5.84. The van der Waals surface area contributed by atoms with Crippen LogP contribution in [0.15, 0.2) is 29.6 Å². The van der Waals surface area contributed by atoms with Gasteiger partial charge in [0, 0.05) is 17.1 Å². The van der Waals surface area contributed by atoms with Gasteiger partial charge in [-0.15, -0.1) is 0 Å². The third kappa shape index (κ3) is 1.72. The molecule has 0 saturated heterocycles. The molecular weight excluding hydrogens is 190 g/mol. The molecule has 1 aromatic heterocycles. The summed E-state index contributed by atoms with van der Waals surface area (Å²) < 4.78 is 0. The molecule has 0 aliphatic carbocycles.